The van der Waals surface area contributed by atoms with Crippen LogP contribution in [0.4, 0.5) is 0 Å². The van der Waals surface area contributed by atoms with Crippen LogP contribution in [0.2, 0.25) is 0 Å². The Kier molecular flexibility index (Phi) is 4.70. The number of carbonyl (C=O) groups excluding carboxylic acids is 1. The van der Waals surface area contributed by atoms with Crippen LogP contribution >= 0.6 is 12.4 Å². The fourth-order valence-electron chi connectivity index (χ4n) is 4.74. The van der Waals surface area contributed by atoms with Gasteiger partial charge in [-0.05, 0) is 63.1 Å². The first-order valence-electron chi connectivity index (χ1n) is 8.81. The van der Waals surface area contributed by atoms with Crippen molar-refractivity contribution in [1.29, 1.82) is 0 Å². The molecule has 4 atom stereocenters. The van der Waals surface area contributed by atoms with E-state index in [0.29, 0.717) is 18.0 Å². The van der Waals surface area contributed by atoms with Gasteiger partial charge in [-0.2, -0.15) is 0 Å². The lowest BCUT2D eigenvalue weighted by molar-refractivity contribution is -0.123. The Morgan fingerprint density at radius 1 is 1.35 bits per heavy atom. The Morgan fingerprint density at radius 3 is 3.00 bits per heavy atom. The lowest BCUT2D eigenvalue weighted by Crippen LogP contribution is -2.47. The number of nitrogens with one attached hydrogen (secondary N) is 2. The number of benzene rings is 1. The van der Waals surface area contributed by atoms with E-state index in [0.717, 1.165) is 25.8 Å². The van der Waals surface area contributed by atoms with E-state index in [1.807, 2.05) is 0 Å². The summed E-state index contributed by atoms with van der Waals surface area (Å²) < 4.78 is 0. The molecule has 1 saturated carbocycles. The molecule has 0 radical (unpaired) electrons. The average molecular weight is 335 g/mol. The van der Waals surface area contributed by atoms with Crippen molar-refractivity contribution in [3.63, 3.8) is 0 Å². The zero-order chi connectivity index (χ0) is 15.2. The Balaban J connectivity index is 0.00000156. The molecule has 0 aromatic heterocycles. The molecule has 126 valence electrons. The first-order chi connectivity index (χ1) is 10.7. The Morgan fingerprint density at radius 2 is 2.17 bits per heavy atom. The van der Waals surface area contributed by atoms with Crippen LogP contribution in [0, 0.1) is 5.92 Å². The summed E-state index contributed by atoms with van der Waals surface area (Å²) in [5, 5.41) is 6.78. The number of rotatable bonds is 2. The molecule has 2 N–H and O–H groups in total. The molecule has 4 unspecified atom stereocenters. The van der Waals surface area contributed by atoms with E-state index in [1.165, 1.54) is 30.4 Å². The molecular formula is C19H27ClN2O. The molecule has 2 fully saturated rings. The van der Waals surface area contributed by atoms with Gasteiger partial charge in [0.15, 0.2) is 0 Å². The van der Waals surface area contributed by atoms with Crippen molar-refractivity contribution in [1.82, 2.24) is 10.6 Å². The van der Waals surface area contributed by atoms with Gasteiger partial charge in [0, 0.05) is 23.4 Å². The maximum atomic E-state index is 12.7. The summed E-state index contributed by atoms with van der Waals surface area (Å²) in [7, 11) is 0. The molecule has 1 saturated heterocycles. The molecule has 3 aliphatic rings. The van der Waals surface area contributed by atoms with Crippen molar-refractivity contribution in [2.45, 2.75) is 62.9 Å². The minimum Gasteiger partial charge on any atom is -0.353 e. The van der Waals surface area contributed by atoms with Gasteiger partial charge < -0.3 is 10.6 Å². The Hall–Kier alpha value is -1.06. The van der Waals surface area contributed by atoms with E-state index in [4.69, 9.17) is 0 Å². The molecule has 1 amide bonds. The molecule has 1 spiro atoms. The van der Waals surface area contributed by atoms with E-state index in [1.54, 1.807) is 0 Å². The van der Waals surface area contributed by atoms with Crippen molar-refractivity contribution in [3.05, 3.63) is 35.4 Å². The van der Waals surface area contributed by atoms with Crippen molar-refractivity contribution in [2.24, 2.45) is 5.92 Å². The molecular weight excluding hydrogens is 308 g/mol. The molecule has 1 aliphatic heterocycles. The summed E-state index contributed by atoms with van der Waals surface area (Å²) in [5.74, 6) is 0.509. The van der Waals surface area contributed by atoms with Crippen LogP contribution in [-0.4, -0.2) is 24.5 Å². The van der Waals surface area contributed by atoms with Gasteiger partial charge in [-0.15, -0.1) is 12.4 Å². The van der Waals surface area contributed by atoms with E-state index in [2.05, 4.69) is 41.8 Å². The number of halogens is 1. The van der Waals surface area contributed by atoms with Crippen molar-refractivity contribution >= 4 is 18.3 Å². The predicted octanol–water partition coefficient (Wildman–Crippen LogP) is 2.96. The summed E-state index contributed by atoms with van der Waals surface area (Å²) in [4.78, 5) is 12.7. The number of amides is 1. The van der Waals surface area contributed by atoms with Crippen LogP contribution in [0.5, 0.6) is 0 Å². The highest BCUT2D eigenvalue weighted by atomic mass is 35.5. The Labute approximate surface area is 145 Å². The van der Waals surface area contributed by atoms with Gasteiger partial charge in [0.2, 0.25) is 5.91 Å². The van der Waals surface area contributed by atoms with Gasteiger partial charge in [0.25, 0.3) is 0 Å². The zero-order valence-electron chi connectivity index (χ0n) is 13.8. The molecule has 3 nitrogen and oxygen atoms in total. The number of piperidine rings is 1. The van der Waals surface area contributed by atoms with Gasteiger partial charge in [-0.1, -0.05) is 24.3 Å². The second-order valence-corrected chi connectivity index (χ2v) is 7.51. The summed E-state index contributed by atoms with van der Waals surface area (Å²) in [6.07, 6.45) is 6.76. The molecule has 1 aromatic carbocycles. The maximum absolute atomic E-state index is 12.7. The standard InChI is InChI=1S/C19H26N2O.ClH/c1-13-11-15(8-10-20-13)21-18(22)17-12-19(17)9-4-6-14-5-2-3-7-16(14)19;/h2-3,5,7,13,15,17,20H,4,6,8-12H2,1H3,(H,21,22);1H. The quantitative estimate of drug-likeness (QED) is 0.873. The summed E-state index contributed by atoms with van der Waals surface area (Å²) >= 11 is 0. The van der Waals surface area contributed by atoms with Crippen molar-refractivity contribution in [3.8, 4) is 0 Å². The molecule has 4 rings (SSSR count). The summed E-state index contributed by atoms with van der Waals surface area (Å²) in [6, 6.07) is 9.65. The van der Waals surface area contributed by atoms with Crippen LogP contribution < -0.4 is 10.6 Å². The third-order valence-corrected chi connectivity index (χ3v) is 5.98. The van der Waals surface area contributed by atoms with Crippen LogP contribution in [-0.2, 0) is 16.6 Å². The molecule has 2 aliphatic carbocycles. The van der Waals surface area contributed by atoms with Crippen molar-refractivity contribution < 1.29 is 4.79 Å². The highest BCUT2D eigenvalue weighted by Gasteiger charge is 2.60. The largest absolute Gasteiger partial charge is 0.353 e. The average Bonchev–Trinajstić information content (AvgIpc) is 3.23. The lowest BCUT2D eigenvalue weighted by Gasteiger charge is -2.30. The fraction of sp³-hybridized carbons (Fsp3) is 0.632. The van der Waals surface area contributed by atoms with Crippen LogP contribution in [0.15, 0.2) is 24.3 Å². The monoisotopic (exact) mass is 334 g/mol. The normalized spacial score (nSPS) is 35.1. The van der Waals surface area contributed by atoms with Crippen LogP contribution in [0.1, 0.15) is 50.2 Å². The van der Waals surface area contributed by atoms with Gasteiger partial charge in [-0.3, -0.25) is 4.79 Å². The highest BCUT2D eigenvalue weighted by Crippen LogP contribution is 2.60. The van der Waals surface area contributed by atoms with Gasteiger partial charge in [0.1, 0.15) is 0 Å². The van der Waals surface area contributed by atoms with E-state index in [9.17, 15) is 4.79 Å². The number of carbonyl (C=O) groups is 1. The summed E-state index contributed by atoms with van der Waals surface area (Å²) in [6.45, 7) is 3.22. The lowest BCUT2D eigenvalue weighted by atomic mass is 9.78. The van der Waals surface area contributed by atoms with Crippen LogP contribution in [0.25, 0.3) is 0 Å². The second kappa shape index (κ2) is 6.45. The minimum atomic E-state index is 0. The zero-order valence-corrected chi connectivity index (χ0v) is 14.6. The maximum Gasteiger partial charge on any atom is 0.224 e. The van der Waals surface area contributed by atoms with E-state index in [-0.39, 0.29) is 23.7 Å². The predicted molar refractivity (Wildman–Crippen MR) is 95.0 cm³/mol. The van der Waals surface area contributed by atoms with Gasteiger partial charge in [-0.25, -0.2) is 0 Å². The van der Waals surface area contributed by atoms with E-state index >= 15 is 0 Å². The number of fused-ring (bicyclic) bond motifs is 2. The third kappa shape index (κ3) is 3.01. The van der Waals surface area contributed by atoms with E-state index < -0.39 is 0 Å². The molecule has 1 heterocycles. The number of hydrogen-bond donors (Lipinski definition) is 2. The first kappa shape index (κ1) is 16.8. The molecule has 0 bridgehead atoms. The van der Waals surface area contributed by atoms with Crippen molar-refractivity contribution in [2.75, 3.05) is 6.54 Å². The smallest absolute Gasteiger partial charge is 0.224 e. The number of hydrogen-bond acceptors (Lipinski definition) is 2. The fourth-order valence-corrected chi connectivity index (χ4v) is 4.74. The minimum absolute atomic E-state index is 0. The third-order valence-electron chi connectivity index (χ3n) is 5.98. The second-order valence-electron chi connectivity index (χ2n) is 7.51. The Bertz CT molecular complexity index is 590. The molecule has 23 heavy (non-hydrogen) atoms. The molecule has 4 heteroatoms. The van der Waals surface area contributed by atoms with Gasteiger partial charge in [0.05, 0.1) is 0 Å². The highest BCUT2D eigenvalue weighted by molar-refractivity contribution is 5.85. The number of aryl methyl sites for hydroxylation is 1. The molecule has 1 aromatic rings. The van der Waals surface area contributed by atoms with Crippen LogP contribution in [0.3, 0.4) is 0 Å². The first-order valence-corrected chi connectivity index (χ1v) is 8.81. The summed E-state index contributed by atoms with van der Waals surface area (Å²) in [5.41, 5.74) is 3.09. The van der Waals surface area contributed by atoms with Gasteiger partial charge >= 0.3 is 0 Å². The topological polar surface area (TPSA) is 41.1 Å². The SMILES string of the molecule is CC1CC(NC(=O)C2CC23CCCc2ccccc23)CCN1.Cl.